The Bertz CT molecular complexity index is 1280. The van der Waals surface area contributed by atoms with Crippen LogP contribution in [0.1, 0.15) is 33.2 Å². The second-order valence-electron chi connectivity index (χ2n) is 7.58. The van der Waals surface area contributed by atoms with Crippen molar-refractivity contribution in [3.8, 4) is 11.3 Å². The molecule has 2 aromatic carbocycles. The molecule has 0 saturated carbocycles. The van der Waals surface area contributed by atoms with Gasteiger partial charge in [0.25, 0.3) is 5.91 Å². The summed E-state index contributed by atoms with van der Waals surface area (Å²) in [7, 11) is 1.85. The molecule has 2 aromatic heterocycles. The average molecular weight is 420 g/mol. The Kier molecular flexibility index (Phi) is 4.62. The fraction of sp³-hybridized carbons (Fsp3) is 0.174. The van der Waals surface area contributed by atoms with E-state index in [1.165, 1.54) is 12.1 Å². The molecule has 0 fully saturated rings. The summed E-state index contributed by atoms with van der Waals surface area (Å²) in [5, 5.41) is 8.09. The van der Waals surface area contributed by atoms with Crippen molar-refractivity contribution in [2.75, 3.05) is 6.54 Å². The van der Waals surface area contributed by atoms with Crippen molar-refractivity contribution in [1.82, 2.24) is 19.8 Å². The van der Waals surface area contributed by atoms with Crippen LogP contribution in [0.5, 0.6) is 0 Å². The number of fused-ring (bicyclic) bond motifs is 1. The van der Waals surface area contributed by atoms with E-state index in [-0.39, 0.29) is 28.8 Å². The van der Waals surface area contributed by atoms with E-state index in [4.69, 9.17) is 4.52 Å². The van der Waals surface area contributed by atoms with Crippen LogP contribution in [0.4, 0.5) is 8.78 Å². The van der Waals surface area contributed by atoms with Gasteiger partial charge >= 0.3 is 0 Å². The number of halogens is 2. The number of hydrogen-bond acceptors (Lipinski definition) is 4. The van der Waals surface area contributed by atoms with E-state index in [0.29, 0.717) is 13.1 Å². The van der Waals surface area contributed by atoms with E-state index in [2.05, 4.69) is 16.3 Å². The monoisotopic (exact) mass is 420 g/mol. The summed E-state index contributed by atoms with van der Waals surface area (Å²) >= 11 is 0. The van der Waals surface area contributed by atoms with Gasteiger partial charge in [-0.05, 0) is 28.8 Å². The maximum atomic E-state index is 14.1. The Morgan fingerprint density at radius 3 is 2.77 bits per heavy atom. The number of hydrogen-bond donors (Lipinski definition) is 0. The minimum Gasteiger partial charge on any atom is -0.350 e. The van der Waals surface area contributed by atoms with Crippen LogP contribution in [-0.2, 0) is 13.6 Å². The quantitative estimate of drug-likeness (QED) is 0.500. The van der Waals surface area contributed by atoms with Gasteiger partial charge in [0.05, 0.1) is 6.20 Å². The number of carbonyl (C=O) groups is 1. The molecule has 1 atom stereocenters. The lowest BCUT2D eigenvalue weighted by molar-refractivity contribution is 0.0683. The van der Waals surface area contributed by atoms with Gasteiger partial charge in [-0.1, -0.05) is 29.4 Å². The third-order valence-electron chi connectivity index (χ3n) is 5.54. The standard InChI is InChI=1S/C23H18F2N4O2/c1-28-11-15(10-26-28)19-13-29(12-14-4-2-3-5-17(14)19)23(30)22-9-21(27-31-22)18-7-6-16(24)8-20(18)25/h2-11,19H,12-13H2,1H3. The van der Waals surface area contributed by atoms with Crippen LogP contribution < -0.4 is 0 Å². The SMILES string of the molecule is Cn1cc(C2CN(C(=O)c3cc(-c4ccc(F)cc4F)no3)Cc3ccccc32)cn1. The molecule has 1 amide bonds. The molecular formula is C23H18F2N4O2. The highest BCUT2D eigenvalue weighted by Crippen LogP contribution is 2.34. The zero-order valence-corrected chi connectivity index (χ0v) is 16.6. The van der Waals surface area contributed by atoms with Crippen LogP contribution in [0, 0.1) is 11.6 Å². The van der Waals surface area contributed by atoms with Crippen LogP contribution in [0.2, 0.25) is 0 Å². The largest absolute Gasteiger partial charge is 0.350 e. The molecule has 3 heterocycles. The first-order valence-electron chi connectivity index (χ1n) is 9.77. The second-order valence-corrected chi connectivity index (χ2v) is 7.58. The summed E-state index contributed by atoms with van der Waals surface area (Å²) in [6.07, 6.45) is 3.75. The zero-order valence-electron chi connectivity index (χ0n) is 16.6. The number of amides is 1. The molecule has 1 aliphatic rings. The molecule has 0 radical (unpaired) electrons. The first kappa shape index (κ1) is 19.2. The minimum atomic E-state index is -0.768. The zero-order chi connectivity index (χ0) is 21.5. The molecule has 6 nitrogen and oxygen atoms in total. The van der Waals surface area contributed by atoms with Crippen LogP contribution in [-0.4, -0.2) is 32.3 Å². The topological polar surface area (TPSA) is 64.2 Å². The minimum absolute atomic E-state index is 0.00282. The van der Waals surface area contributed by atoms with Crippen molar-refractivity contribution >= 4 is 5.91 Å². The highest BCUT2D eigenvalue weighted by atomic mass is 19.1. The number of aryl methyl sites for hydroxylation is 1. The summed E-state index contributed by atoms with van der Waals surface area (Å²) in [6.45, 7) is 0.870. The summed E-state index contributed by atoms with van der Waals surface area (Å²) in [4.78, 5) is 14.9. The summed E-state index contributed by atoms with van der Waals surface area (Å²) < 4.78 is 34.2. The molecule has 5 rings (SSSR count). The van der Waals surface area contributed by atoms with Gasteiger partial charge in [0.1, 0.15) is 17.3 Å². The Morgan fingerprint density at radius 2 is 2.00 bits per heavy atom. The van der Waals surface area contributed by atoms with Crippen molar-refractivity contribution in [3.05, 3.63) is 95.0 Å². The molecular weight excluding hydrogens is 402 g/mol. The van der Waals surface area contributed by atoms with Gasteiger partial charge < -0.3 is 9.42 Å². The van der Waals surface area contributed by atoms with E-state index >= 15 is 0 Å². The molecule has 0 bridgehead atoms. The van der Waals surface area contributed by atoms with Gasteiger partial charge in [0.2, 0.25) is 5.76 Å². The Labute approximate surface area is 176 Å². The van der Waals surface area contributed by atoms with E-state index in [1.807, 2.05) is 31.4 Å². The number of carbonyl (C=O) groups excluding carboxylic acids is 1. The van der Waals surface area contributed by atoms with Gasteiger partial charge in [-0.2, -0.15) is 5.10 Å². The lowest BCUT2D eigenvalue weighted by atomic mass is 9.86. The van der Waals surface area contributed by atoms with Gasteiger partial charge in [-0.15, -0.1) is 0 Å². The lowest BCUT2D eigenvalue weighted by Crippen LogP contribution is -2.38. The van der Waals surface area contributed by atoms with Gasteiger partial charge in [-0.3, -0.25) is 9.48 Å². The normalized spacial score (nSPS) is 15.7. The van der Waals surface area contributed by atoms with Gasteiger partial charge in [-0.25, -0.2) is 8.78 Å². The van der Waals surface area contributed by atoms with Crippen LogP contribution in [0.15, 0.2) is 65.4 Å². The number of benzene rings is 2. The molecule has 0 N–H and O–H groups in total. The van der Waals surface area contributed by atoms with Crippen LogP contribution in [0.3, 0.4) is 0 Å². The van der Waals surface area contributed by atoms with Crippen molar-refractivity contribution in [1.29, 1.82) is 0 Å². The smallest absolute Gasteiger partial charge is 0.292 e. The predicted molar refractivity (Wildman–Crippen MR) is 108 cm³/mol. The maximum Gasteiger partial charge on any atom is 0.292 e. The van der Waals surface area contributed by atoms with Gasteiger partial charge in [0.15, 0.2) is 0 Å². The third-order valence-corrected chi connectivity index (χ3v) is 5.54. The lowest BCUT2D eigenvalue weighted by Gasteiger charge is -2.33. The van der Waals surface area contributed by atoms with Crippen molar-refractivity contribution in [2.45, 2.75) is 12.5 Å². The van der Waals surface area contributed by atoms with Crippen molar-refractivity contribution in [3.63, 3.8) is 0 Å². The van der Waals surface area contributed by atoms with Crippen molar-refractivity contribution in [2.24, 2.45) is 7.05 Å². The van der Waals surface area contributed by atoms with Gasteiger partial charge in [0, 0.05) is 49.9 Å². The van der Waals surface area contributed by atoms with Crippen LogP contribution >= 0.6 is 0 Å². The predicted octanol–water partition coefficient (Wildman–Crippen LogP) is 4.14. The molecule has 1 unspecified atom stereocenters. The first-order valence-corrected chi connectivity index (χ1v) is 9.77. The number of aromatic nitrogens is 3. The molecule has 31 heavy (non-hydrogen) atoms. The van der Waals surface area contributed by atoms with E-state index in [0.717, 1.165) is 28.8 Å². The molecule has 156 valence electrons. The Morgan fingerprint density at radius 1 is 1.16 bits per heavy atom. The van der Waals surface area contributed by atoms with Crippen molar-refractivity contribution < 1.29 is 18.1 Å². The molecule has 4 aromatic rings. The van der Waals surface area contributed by atoms with E-state index in [9.17, 15) is 13.6 Å². The van der Waals surface area contributed by atoms with E-state index in [1.54, 1.807) is 15.8 Å². The molecule has 1 aliphatic heterocycles. The third kappa shape index (κ3) is 3.50. The molecule has 0 aliphatic carbocycles. The fourth-order valence-corrected chi connectivity index (χ4v) is 4.02. The Hall–Kier alpha value is -3.81. The fourth-order valence-electron chi connectivity index (χ4n) is 4.02. The summed E-state index contributed by atoms with van der Waals surface area (Å²) in [6, 6.07) is 12.6. The maximum absolute atomic E-state index is 14.1. The van der Waals surface area contributed by atoms with Crippen LogP contribution in [0.25, 0.3) is 11.3 Å². The molecule has 8 heteroatoms. The highest BCUT2D eigenvalue weighted by molar-refractivity contribution is 5.92. The highest BCUT2D eigenvalue weighted by Gasteiger charge is 2.32. The first-order chi connectivity index (χ1) is 15.0. The second kappa shape index (κ2) is 7.46. The number of rotatable bonds is 3. The molecule has 0 spiro atoms. The number of nitrogens with zero attached hydrogens (tertiary/aromatic N) is 4. The summed E-state index contributed by atoms with van der Waals surface area (Å²) in [5.41, 5.74) is 3.43. The summed E-state index contributed by atoms with van der Waals surface area (Å²) in [5.74, 6) is -1.82. The van der Waals surface area contributed by atoms with E-state index < -0.39 is 11.6 Å². The molecule has 0 saturated heterocycles. The Balaban J connectivity index is 1.45. The average Bonchev–Trinajstić information content (AvgIpc) is 3.42.